The van der Waals surface area contributed by atoms with Crippen molar-refractivity contribution in [1.82, 2.24) is 16.2 Å². The number of benzene rings is 1. The topological polar surface area (TPSA) is 80.9 Å². The van der Waals surface area contributed by atoms with Crippen LogP contribution in [0, 0.1) is 0 Å². The quantitative estimate of drug-likeness (QED) is 0.498. The molecule has 1 aliphatic heterocycles. The molecule has 0 aromatic heterocycles. The Labute approximate surface area is 153 Å². The fourth-order valence-electron chi connectivity index (χ4n) is 2.31. The van der Waals surface area contributed by atoms with Crippen molar-refractivity contribution < 1.29 is 19.0 Å². The first kappa shape index (κ1) is 19.3. The Morgan fingerprint density at radius 1 is 1.32 bits per heavy atom. The van der Waals surface area contributed by atoms with Gasteiger partial charge in [0.05, 0.1) is 12.7 Å². The second-order valence-corrected chi connectivity index (χ2v) is 6.03. The molecule has 1 aliphatic rings. The van der Waals surface area contributed by atoms with Crippen molar-refractivity contribution in [3.05, 3.63) is 24.3 Å². The zero-order chi connectivity index (χ0) is 18.1. The largest absolute Gasteiger partial charge is 0.494 e. The van der Waals surface area contributed by atoms with E-state index in [0.29, 0.717) is 24.0 Å². The van der Waals surface area contributed by atoms with Crippen LogP contribution in [0.4, 0.5) is 0 Å². The normalized spacial score (nSPS) is 17.4. The van der Waals surface area contributed by atoms with Gasteiger partial charge in [-0.25, -0.2) is 0 Å². The standard InChI is InChI=1S/C17H25N3O4S/c1-3-22-13-6-8-14(9-7-13)24-12(2)16(21)19-20-17(25)18-11-15-5-4-10-23-15/h6-9,12,15H,3-5,10-11H2,1-2H3,(H,19,21)(H2,18,20,25)/t12-,15-/m1/s1. The Kier molecular flexibility index (Phi) is 7.75. The molecule has 1 heterocycles. The summed E-state index contributed by atoms with van der Waals surface area (Å²) in [5.41, 5.74) is 5.19. The smallest absolute Gasteiger partial charge is 0.279 e. The van der Waals surface area contributed by atoms with Crippen LogP contribution in [-0.2, 0) is 9.53 Å². The molecule has 2 atom stereocenters. The van der Waals surface area contributed by atoms with E-state index in [1.807, 2.05) is 6.92 Å². The number of hydrogen-bond donors (Lipinski definition) is 3. The highest BCUT2D eigenvalue weighted by Gasteiger charge is 2.17. The van der Waals surface area contributed by atoms with Gasteiger partial charge in [0.25, 0.3) is 5.91 Å². The van der Waals surface area contributed by atoms with Gasteiger partial charge in [0, 0.05) is 13.2 Å². The number of hydrazine groups is 1. The van der Waals surface area contributed by atoms with Gasteiger partial charge in [-0.05, 0) is 63.2 Å². The van der Waals surface area contributed by atoms with Crippen LogP contribution in [0.25, 0.3) is 0 Å². The summed E-state index contributed by atoms with van der Waals surface area (Å²) in [5, 5.41) is 3.36. The predicted octanol–water partition coefficient (Wildman–Crippen LogP) is 1.53. The third kappa shape index (κ3) is 6.75. The molecule has 1 aromatic rings. The highest BCUT2D eigenvalue weighted by Crippen LogP contribution is 2.18. The van der Waals surface area contributed by atoms with Crippen molar-refractivity contribution in [2.24, 2.45) is 0 Å². The summed E-state index contributed by atoms with van der Waals surface area (Å²) in [6.07, 6.45) is 1.60. The third-order valence-electron chi connectivity index (χ3n) is 3.63. The van der Waals surface area contributed by atoms with Crippen LogP contribution in [0.5, 0.6) is 11.5 Å². The monoisotopic (exact) mass is 367 g/mol. The van der Waals surface area contributed by atoms with Gasteiger partial charge in [-0.2, -0.15) is 0 Å². The molecular weight excluding hydrogens is 342 g/mol. The maximum absolute atomic E-state index is 12.0. The van der Waals surface area contributed by atoms with Crippen LogP contribution in [-0.4, -0.2) is 43.0 Å². The molecule has 0 aliphatic carbocycles. The molecule has 1 fully saturated rings. The molecule has 1 amide bonds. The van der Waals surface area contributed by atoms with Crippen LogP contribution >= 0.6 is 12.2 Å². The number of carbonyl (C=O) groups excluding carboxylic acids is 1. The number of rotatable bonds is 7. The van der Waals surface area contributed by atoms with E-state index in [1.165, 1.54) is 0 Å². The average Bonchev–Trinajstić information content (AvgIpc) is 3.13. The van der Waals surface area contributed by atoms with E-state index >= 15 is 0 Å². The Balaban J connectivity index is 1.67. The summed E-state index contributed by atoms with van der Waals surface area (Å²) >= 11 is 5.12. The van der Waals surface area contributed by atoms with Crippen LogP contribution < -0.4 is 25.6 Å². The summed E-state index contributed by atoms with van der Waals surface area (Å²) < 4.78 is 16.4. The van der Waals surface area contributed by atoms with Crippen molar-refractivity contribution in [2.45, 2.75) is 38.9 Å². The molecular formula is C17H25N3O4S. The lowest BCUT2D eigenvalue weighted by Crippen LogP contribution is -2.51. The Hall–Kier alpha value is -2.06. The highest BCUT2D eigenvalue weighted by atomic mass is 32.1. The SMILES string of the molecule is CCOc1ccc(O[C@H](C)C(=O)NNC(=S)NC[C@H]2CCCO2)cc1. The molecule has 25 heavy (non-hydrogen) atoms. The number of amides is 1. The van der Waals surface area contributed by atoms with Crippen LogP contribution in [0.2, 0.25) is 0 Å². The van der Waals surface area contributed by atoms with Gasteiger partial charge < -0.3 is 19.5 Å². The first-order valence-electron chi connectivity index (χ1n) is 8.43. The predicted molar refractivity (Wildman–Crippen MR) is 98.6 cm³/mol. The van der Waals surface area contributed by atoms with Crippen molar-refractivity contribution in [3.63, 3.8) is 0 Å². The minimum Gasteiger partial charge on any atom is -0.494 e. The van der Waals surface area contributed by atoms with Crippen molar-refractivity contribution in [1.29, 1.82) is 0 Å². The van der Waals surface area contributed by atoms with E-state index in [4.69, 9.17) is 26.4 Å². The fourth-order valence-corrected chi connectivity index (χ4v) is 2.45. The zero-order valence-corrected chi connectivity index (χ0v) is 15.4. The Bertz CT molecular complexity index is 562. The van der Waals surface area contributed by atoms with Gasteiger partial charge in [0.1, 0.15) is 11.5 Å². The molecule has 2 rings (SSSR count). The summed E-state index contributed by atoms with van der Waals surface area (Å²) in [6, 6.07) is 7.11. The molecule has 0 spiro atoms. The van der Waals surface area contributed by atoms with Gasteiger partial charge in [0.15, 0.2) is 11.2 Å². The Morgan fingerprint density at radius 2 is 2.04 bits per heavy atom. The molecule has 8 heteroatoms. The van der Waals surface area contributed by atoms with Gasteiger partial charge in [0.2, 0.25) is 0 Å². The second kappa shape index (κ2) is 10.0. The van der Waals surface area contributed by atoms with Gasteiger partial charge in [-0.15, -0.1) is 0 Å². The molecule has 0 radical (unpaired) electrons. The summed E-state index contributed by atoms with van der Waals surface area (Å²) in [4.78, 5) is 12.0. The molecule has 0 saturated carbocycles. The van der Waals surface area contributed by atoms with Gasteiger partial charge >= 0.3 is 0 Å². The zero-order valence-electron chi connectivity index (χ0n) is 14.5. The van der Waals surface area contributed by atoms with Gasteiger partial charge in [-0.1, -0.05) is 0 Å². The van der Waals surface area contributed by atoms with E-state index < -0.39 is 6.10 Å². The first-order valence-corrected chi connectivity index (χ1v) is 8.84. The number of hydrogen-bond acceptors (Lipinski definition) is 5. The lowest BCUT2D eigenvalue weighted by Gasteiger charge is -2.17. The van der Waals surface area contributed by atoms with Gasteiger partial charge in [-0.3, -0.25) is 15.6 Å². The molecule has 1 aromatic carbocycles. The number of carbonyl (C=O) groups is 1. The summed E-state index contributed by atoms with van der Waals surface area (Å²) in [6.45, 7) is 5.61. The van der Waals surface area contributed by atoms with Crippen molar-refractivity contribution >= 4 is 23.2 Å². The van der Waals surface area contributed by atoms with Crippen LogP contribution in [0.15, 0.2) is 24.3 Å². The molecule has 138 valence electrons. The van der Waals surface area contributed by atoms with Crippen LogP contribution in [0.1, 0.15) is 26.7 Å². The first-order chi connectivity index (χ1) is 12.1. The molecule has 3 N–H and O–H groups in total. The lowest BCUT2D eigenvalue weighted by molar-refractivity contribution is -0.127. The number of ether oxygens (including phenoxy) is 3. The molecule has 7 nitrogen and oxygen atoms in total. The minimum absolute atomic E-state index is 0.178. The van der Waals surface area contributed by atoms with Crippen molar-refractivity contribution in [2.75, 3.05) is 19.8 Å². The highest BCUT2D eigenvalue weighted by molar-refractivity contribution is 7.80. The second-order valence-electron chi connectivity index (χ2n) is 5.62. The van der Waals surface area contributed by atoms with E-state index in [2.05, 4.69) is 16.2 Å². The molecule has 0 unspecified atom stereocenters. The van der Waals surface area contributed by atoms with Crippen LogP contribution in [0.3, 0.4) is 0 Å². The fraction of sp³-hybridized carbons (Fsp3) is 0.529. The number of thiocarbonyl (C=S) groups is 1. The van der Waals surface area contributed by atoms with E-state index in [1.54, 1.807) is 31.2 Å². The van der Waals surface area contributed by atoms with E-state index in [-0.39, 0.29) is 12.0 Å². The van der Waals surface area contributed by atoms with E-state index in [0.717, 1.165) is 25.2 Å². The molecule has 0 bridgehead atoms. The third-order valence-corrected chi connectivity index (χ3v) is 3.88. The minimum atomic E-state index is -0.675. The maximum atomic E-state index is 12.0. The van der Waals surface area contributed by atoms with E-state index in [9.17, 15) is 4.79 Å². The summed E-state index contributed by atoms with van der Waals surface area (Å²) in [7, 11) is 0. The summed E-state index contributed by atoms with van der Waals surface area (Å²) in [5.74, 6) is 1.02. The Morgan fingerprint density at radius 3 is 2.68 bits per heavy atom. The average molecular weight is 367 g/mol. The molecule has 1 saturated heterocycles. The number of nitrogens with one attached hydrogen (secondary N) is 3. The maximum Gasteiger partial charge on any atom is 0.279 e. The lowest BCUT2D eigenvalue weighted by atomic mass is 10.2. The van der Waals surface area contributed by atoms with Crippen molar-refractivity contribution in [3.8, 4) is 11.5 Å².